The maximum absolute atomic E-state index is 13.9. The highest BCUT2D eigenvalue weighted by Gasteiger charge is 2.25. The minimum absolute atomic E-state index is 0.212. The molecule has 1 aromatic heterocycles. The number of carbonyl (C=O) groups is 1. The monoisotopic (exact) mass is 317 g/mol. The molecule has 1 fully saturated rings. The number of aromatic amines is 1. The summed E-state index contributed by atoms with van der Waals surface area (Å²) in [6.07, 6.45) is 4.82. The summed E-state index contributed by atoms with van der Waals surface area (Å²) in [5, 5.41) is 19.4. The van der Waals surface area contributed by atoms with Crippen LogP contribution in [-0.4, -0.2) is 27.3 Å². The van der Waals surface area contributed by atoms with Gasteiger partial charge in [-0.2, -0.15) is 5.10 Å². The van der Waals surface area contributed by atoms with Crippen LogP contribution in [0, 0.1) is 11.7 Å². The highest BCUT2D eigenvalue weighted by molar-refractivity contribution is 5.70. The fourth-order valence-corrected chi connectivity index (χ4v) is 3.14. The summed E-state index contributed by atoms with van der Waals surface area (Å²) in [6, 6.07) is 6.91. The molecule has 0 radical (unpaired) electrons. The molecule has 6 heteroatoms. The van der Waals surface area contributed by atoms with E-state index in [0.717, 1.165) is 18.4 Å². The summed E-state index contributed by atoms with van der Waals surface area (Å²) in [7, 11) is 0. The van der Waals surface area contributed by atoms with E-state index in [4.69, 9.17) is 5.11 Å². The Hall–Kier alpha value is -2.21. The lowest BCUT2D eigenvalue weighted by atomic mass is 9.86. The standard InChI is InChI=1S/C17H20FN3O2/c18-15-4-2-1-3-14(15)16-12(10-20-21-16)9-19-13-7-5-11(6-8-13)17(22)23/h1-4,10-11,13,19H,5-9H2,(H,20,21)(H,22,23). The first-order valence-corrected chi connectivity index (χ1v) is 7.88. The summed E-state index contributed by atoms with van der Waals surface area (Å²) in [6.45, 7) is 0.586. The third-order valence-electron chi connectivity index (χ3n) is 4.52. The van der Waals surface area contributed by atoms with Gasteiger partial charge in [-0.25, -0.2) is 4.39 Å². The maximum atomic E-state index is 13.9. The van der Waals surface area contributed by atoms with Crippen molar-refractivity contribution in [3.8, 4) is 11.3 Å². The lowest BCUT2D eigenvalue weighted by Crippen LogP contribution is -2.34. The quantitative estimate of drug-likeness (QED) is 0.792. The SMILES string of the molecule is O=C(O)C1CCC(NCc2cn[nH]c2-c2ccccc2F)CC1. The Morgan fingerprint density at radius 3 is 2.74 bits per heavy atom. The Labute approximate surface area is 133 Å². The molecule has 0 amide bonds. The van der Waals surface area contributed by atoms with Gasteiger partial charge in [0.25, 0.3) is 0 Å². The fraction of sp³-hybridized carbons (Fsp3) is 0.412. The maximum Gasteiger partial charge on any atom is 0.306 e. The highest BCUT2D eigenvalue weighted by Crippen LogP contribution is 2.26. The van der Waals surface area contributed by atoms with Crippen LogP contribution in [-0.2, 0) is 11.3 Å². The Bertz CT molecular complexity index is 678. The number of carboxylic acid groups (broad SMARTS) is 1. The van der Waals surface area contributed by atoms with Crippen molar-refractivity contribution in [1.82, 2.24) is 15.5 Å². The number of aliphatic carboxylic acids is 1. The fourth-order valence-electron chi connectivity index (χ4n) is 3.14. The summed E-state index contributed by atoms with van der Waals surface area (Å²) >= 11 is 0. The van der Waals surface area contributed by atoms with E-state index in [9.17, 15) is 9.18 Å². The molecule has 1 aromatic carbocycles. The van der Waals surface area contributed by atoms with E-state index < -0.39 is 5.97 Å². The molecule has 3 rings (SSSR count). The third-order valence-corrected chi connectivity index (χ3v) is 4.52. The van der Waals surface area contributed by atoms with Crippen LogP contribution in [0.3, 0.4) is 0 Å². The molecular weight excluding hydrogens is 297 g/mol. The smallest absolute Gasteiger partial charge is 0.306 e. The summed E-state index contributed by atoms with van der Waals surface area (Å²) < 4.78 is 13.9. The lowest BCUT2D eigenvalue weighted by molar-refractivity contribution is -0.142. The Kier molecular flexibility index (Phi) is 4.71. The normalized spacial score (nSPS) is 21.3. The van der Waals surface area contributed by atoms with Crippen LogP contribution in [0.2, 0.25) is 0 Å². The van der Waals surface area contributed by atoms with Gasteiger partial charge < -0.3 is 10.4 Å². The molecule has 0 saturated heterocycles. The van der Waals surface area contributed by atoms with Gasteiger partial charge in [0.05, 0.1) is 17.8 Å². The molecule has 23 heavy (non-hydrogen) atoms. The Balaban J connectivity index is 1.61. The van der Waals surface area contributed by atoms with Crippen LogP contribution in [0.15, 0.2) is 30.5 Å². The summed E-state index contributed by atoms with van der Waals surface area (Å²) in [5.74, 6) is -1.18. The zero-order chi connectivity index (χ0) is 16.2. The van der Waals surface area contributed by atoms with Crippen LogP contribution in [0.5, 0.6) is 0 Å². The van der Waals surface area contributed by atoms with Crippen molar-refractivity contribution in [3.63, 3.8) is 0 Å². The number of halogens is 1. The van der Waals surface area contributed by atoms with Gasteiger partial charge in [0.15, 0.2) is 0 Å². The summed E-state index contributed by atoms with van der Waals surface area (Å²) in [5.41, 5.74) is 2.11. The highest BCUT2D eigenvalue weighted by atomic mass is 19.1. The van der Waals surface area contributed by atoms with Crippen LogP contribution in [0.25, 0.3) is 11.3 Å². The number of hydrogen-bond donors (Lipinski definition) is 3. The molecule has 3 N–H and O–H groups in total. The third kappa shape index (κ3) is 3.59. The molecule has 0 unspecified atom stereocenters. The minimum atomic E-state index is -0.694. The molecule has 0 spiro atoms. The van der Waals surface area contributed by atoms with Gasteiger partial charge >= 0.3 is 5.97 Å². The first-order chi connectivity index (χ1) is 11.1. The topological polar surface area (TPSA) is 78.0 Å². The van der Waals surface area contributed by atoms with Crippen LogP contribution < -0.4 is 5.32 Å². The van der Waals surface area contributed by atoms with E-state index in [0.29, 0.717) is 36.7 Å². The molecule has 0 aliphatic heterocycles. The molecule has 1 heterocycles. The number of nitrogens with one attached hydrogen (secondary N) is 2. The van der Waals surface area contributed by atoms with Crippen molar-refractivity contribution in [2.75, 3.05) is 0 Å². The zero-order valence-electron chi connectivity index (χ0n) is 12.8. The van der Waals surface area contributed by atoms with E-state index in [1.165, 1.54) is 6.07 Å². The van der Waals surface area contributed by atoms with E-state index in [-0.39, 0.29) is 11.7 Å². The first-order valence-electron chi connectivity index (χ1n) is 7.88. The van der Waals surface area contributed by atoms with Gasteiger partial charge in [-0.1, -0.05) is 12.1 Å². The van der Waals surface area contributed by atoms with Crippen LogP contribution >= 0.6 is 0 Å². The minimum Gasteiger partial charge on any atom is -0.481 e. The van der Waals surface area contributed by atoms with Crippen LogP contribution in [0.4, 0.5) is 4.39 Å². The average molecular weight is 317 g/mol. The largest absolute Gasteiger partial charge is 0.481 e. The number of aromatic nitrogens is 2. The zero-order valence-corrected chi connectivity index (χ0v) is 12.8. The van der Waals surface area contributed by atoms with E-state index in [1.54, 1.807) is 24.4 Å². The second-order valence-corrected chi connectivity index (χ2v) is 6.02. The van der Waals surface area contributed by atoms with Crippen molar-refractivity contribution < 1.29 is 14.3 Å². The Morgan fingerprint density at radius 2 is 2.04 bits per heavy atom. The van der Waals surface area contributed by atoms with E-state index in [2.05, 4.69) is 15.5 Å². The molecule has 2 aromatic rings. The average Bonchev–Trinajstić information content (AvgIpc) is 3.02. The Morgan fingerprint density at radius 1 is 1.30 bits per heavy atom. The van der Waals surface area contributed by atoms with Crippen molar-refractivity contribution in [2.45, 2.75) is 38.3 Å². The van der Waals surface area contributed by atoms with Crippen molar-refractivity contribution in [2.24, 2.45) is 5.92 Å². The summed E-state index contributed by atoms with van der Waals surface area (Å²) in [4.78, 5) is 11.0. The number of carboxylic acids is 1. The lowest BCUT2D eigenvalue weighted by Gasteiger charge is -2.26. The molecule has 1 aliphatic carbocycles. The number of rotatable bonds is 5. The second-order valence-electron chi connectivity index (χ2n) is 6.02. The molecule has 122 valence electrons. The predicted molar refractivity (Wildman–Crippen MR) is 84.2 cm³/mol. The molecule has 0 atom stereocenters. The number of benzene rings is 1. The van der Waals surface area contributed by atoms with Crippen molar-refractivity contribution >= 4 is 5.97 Å². The van der Waals surface area contributed by atoms with Crippen molar-refractivity contribution in [3.05, 3.63) is 41.8 Å². The van der Waals surface area contributed by atoms with Gasteiger partial charge in [-0.3, -0.25) is 9.89 Å². The number of H-pyrrole nitrogens is 1. The van der Waals surface area contributed by atoms with Gasteiger partial charge in [0.2, 0.25) is 0 Å². The molecule has 1 aliphatic rings. The van der Waals surface area contributed by atoms with Gasteiger partial charge in [0, 0.05) is 23.7 Å². The van der Waals surface area contributed by atoms with E-state index in [1.807, 2.05) is 0 Å². The second kappa shape index (κ2) is 6.91. The van der Waals surface area contributed by atoms with Crippen LogP contribution in [0.1, 0.15) is 31.2 Å². The number of nitrogens with zero attached hydrogens (tertiary/aromatic N) is 1. The van der Waals surface area contributed by atoms with Gasteiger partial charge in [-0.05, 0) is 37.8 Å². The van der Waals surface area contributed by atoms with E-state index >= 15 is 0 Å². The molecule has 0 bridgehead atoms. The van der Waals surface area contributed by atoms with Crippen molar-refractivity contribution in [1.29, 1.82) is 0 Å². The number of hydrogen-bond acceptors (Lipinski definition) is 3. The molecule has 1 saturated carbocycles. The predicted octanol–water partition coefficient (Wildman–Crippen LogP) is 2.95. The van der Waals surface area contributed by atoms with Gasteiger partial charge in [0.1, 0.15) is 5.82 Å². The first kappa shape index (κ1) is 15.7. The van der Waals surface area contributed by atoms with Gasteiger partial charge in [-0.15, -0.1) is 0 Å². The molecular formula is C17H20FN3O2. The molecule has 5 nitrogen and oxygen atoms in total.